The third-order valence-electron chi connectivity index (χ3n) is 0.955. The van der Waals surface area contributed by atoms with Crippen LogP contribution in [-0.4, -0.2) is 41.4 Å². The molecule has 0 amide bonds. The Morgan fingerprint density at radius 2 is 1.54 bits per heavy atom. The Labute approximate surface area is 82.8 Å². The summed E-state index contributed by atoms with van der Waals surface area (Å²) in [6, 6.07) is 0. The fourth-order valence-corrected chi connectivity index (χ4v) is 1.68. The number of nitrogens with one attached hydrogen (secondary N) is 2. The highest BCUT2D eigenvalue weighted by Crippen LogP contribution is 1.86. The average molecular weight is 251 g/mol. The second-order valence-corrected chi connectivity index (χ2v) is 6.51. The molecule has 2 N–H and O–H groups in total. The van der Waals surface area contributed by atoms with Gasteiger partial charge in [0.05, 0.1) is 6.26 Å². The zero-order chi connectivity index (χ0) is 10.5. The summed E-state index contributed by atoms with van der Waals surface area (Å²) in [6.45, 7) is -0.00290. The number of halogens is 1. The molecule has 0 radical (unpaired) electrons. The predicted molar refractivity (Wildman–Crippen MR) is 50.5 cm³/mol. The van der Waals surface area contributed by atoms with Crippen LogP contribution in [0.25, 0.3) is 0 Å². The average Bonchev–Trinajstić information content (AvgIpc) is 1.97. The van der Waals surface area contributed by atoms with Crippen molar-refractivity contribution in [1.29, 1.82) is 0 Å². The summed E-state index contributed by atoms with van der Waals surface area (Å²) in [5, 5.41) is -0.536. The van der Waals surface area contributed by atoms with Gasteiger partial charge in [0.15, 0.2) is 0 Å². The van der Waals surface area contributed by atoms with Crippen molar-refractivity contribution in [2.24, 2.45) is 0 Å². The molecule has 0 aliphatic rings. The van der Waals surface area contributed by atoms with Crippen molar-refractivity contribution >= 4 is 31.6 Å². The minimum absolute atomic E-state index is 0.00888. The Bertz CT molecular complexity index is 335. The highest BCUT2D eigenvalue weighted by atomic mass is 35.5. The lowest BCUT2D eigenvalue weighted by Gasteiger charge is -2.03. The van der Waals surface area contributed by atoms with E-state index in [1.165, 1.54) is 0 Å². The Kier molecular flexibility index (Phi) is 5.15. The molecule has 0 atom stereocenters. The van der Waals surface area contributed by atoms with E-state index in [4.69, 9.17) is 11.6 Å². The van der Waals surface area contributed by atoms with Gasteiger partial charge >= 0.3 is 0 Å². The molecule has 0 aromatic rings. The van der Waals surface area contributed by atoms with Gasteiger partial charge < -0.3 is 0 Å². The molecule has 80 valence electrons. The first-order chi connectivity index (χ1) is 5.77. The zero-order valence-corrected chi connectivity index (χ0v) is 9.34. The molecule has 6 nitrogen and oxygen atoms in total. The van der Waals surface area contributed by atoms with E-state index in [9.17, 15) is 16.8 Å². The zero-order valence-electron chi connectivity index (χ0n) is 6.95. The lowest BCUT2D eigenvalue weighted by atomic mass is 10.7. The predicted octanol–water partition coefficient (Wildman–Crippen LogP) is -1.35. The summed E-state index contributed by atoms with van der Waals surface area (Å²) in [4.78, 5) is 0. The highest BCUT2D eigenvalue weighted by molar-refractivity contribution is 7.90. The summed E-state index contributed by atoms with van der Waals surface area (Å²) in [6.07, 6.45) is 0.989. The number of sulfonamides is 2. The fraction of sp³-hybridized carbons (Fsp3) is 1.00. The quantitative estimate of drug-likeness (QED) is 0.450. The van der Waals surface area contributed by atoms with Crippen LogP contribution in [0.1, 0.15) is 0 Å². The summed E-state index contributed by atoms with van der Waals surface area (Å²) >= 11 is 5.07. The van der Waals surface area contributed by atoms with E-state index < -0.39 is 25.3 Å². The van der Waals surface area contributed by atoms with Gasteiger partial charge in [0.25, 0.3) is 0 Å². The van der Waals surface area contributed by atoms with Crippen LogP contribution in [-0.2, 0) is 20.0 Å². The normalized spacial score (nSPS) is 13.1. The Morgan fingerprint density at radius 3 is 1.92 bits per heavy atom. The van der Waals surface area contributed by atoms with Crippen molar-refractivity contribution in [3.8, 4) is 0 Å². The third-order valence-corrected chi connectivity index (χ3v) is 3.48. The first kappa shape index (κ1) is 13.1. The van der Waals surface area contributed by atoms with Gasteiger partial charge in [-0.15, -0.1) is 11.6 Å². The van der Waals surface area contributed by atoms with Gasteiger partial charge in [-0.3, -0.25) is 0 Å². The Hall–Kier alpha value is 0.110. The van der Waals surface area contributed by atoms with Crippen molar-refractivity contribution in [2.75, 3.05) is 24.6 Å². The Balaban J connectivity index is 3.71. The summed E-state index contributed by atoms with van der Waals surface area (Å²) < 4.78 is 46.6. The molecule has 9 heteroatoms. The van der Waals surface area contributed by atoms with E-state index in [2.05, 4.69) is 9.44 Å². The molecule has 0 spiro atoms. The SMILES string of the molecule is CS(=O)(=O)NCCNS(=O)(=O)CCl. The van der Waals surface area contributed by atoms with E-state index in [0.717, 1.165) is 6.26 Å². The van der Waals surface area contributed by atoms with Crippen LogP contribution in [0.5, 0.6) is 0 Å². The Morgan fingerprint density at radius 1 is 1.08 bits per heavy atom. The largest absolute Gasteiger partial charge is 0.225 e. The molecule has 0 aliphatic heterocycles. The molecule has 0 rings (SSSR count). The molecule has 0 saturated heterocycles. The van der Waals surface area contributed by atoms with Gasteiger partial charge in [-0.05, 0) is 0 Å². The highest BCUT2D eigenvalue weighted by Gasteiger charge is 2.06. The molecular weight excluding hydrogens is 240 g/mol. The van der Waals surface area contributed by atoms with Gasteiger partial charge in [0, 0.05) is 13.1 Å². The summed E-state index contributed by atoms with van der Waals surface area (Å²) in [7, 11) is -6.72. The minimum atomic E-state index is -3.46. The van der Waals surface area contributed by atoms with Gasteiger partial charge in [-0.1, -0.05) is 0 Å². The lowest BCUT2D eigenvalue weighted by Crippen LogP contribution is -2.34. The van der Waals surface area contributed by atoms with Crippen LogP contribution in [0, 0.1) is 0 Å². The molecule has 0 heterocycles. The molecule has 0 bridgehead atoms. The maximum Gasteiger partial charge on any atom is 0.225 e. The first-order valence-corrected chi connectivity index (χ1v) is 7.32. The van der Waals surface area contributed by atoms with Gasteiger partial charge in [0.2, 0.25) is 20.0 Å². The second-order valence-electron chi connectivity index (χ2n) is 2.28. The van der Waals surface area contributed by atoms with Crippen LogP contribution in [0.2, 0.25) is 0 Å². The molecule has 0 aliphatic carbocycles. The van der Waals surface area contributed by atoms with Crippen LogP contribution in [0.3, 0.4) is 0 Å². The van der Waals surface area contributed by atoms with E-state index in [-0.39, 0.29) is 13.1 Å². The summed E-state index contributed by atoms with van der Waals surface area (Å²) in [5.41, 5.74) is 0. The standard InChI is InChI=1S/C4H11ClN2O4S2/c1-12(8,9)6-2-3-7-13(10,11)4-5/h6-7H,2-4H2,1H3. The molecule has 0 unspecified atom stereocenters. The van der Waals surface area contributed by atoms with Crippen LogP contribution in [0.15, 0.2) is 0 Å². The number of hydrogen-bond donors (Lipinski definition) is 2. The molecular formula is C4H11ClN2O4S2. The van der Waals surface area contributed by atoms with Gasteiger partial charge in [-0.2, -0.15) is 0 Å². The van der Waals surface area contributed by atoms with E-state index in [0.29, 0.717) is 0 Å². The monoisotopic (exact) mass is 250 g/mol. The minimum Gasteiger partial charge on any atom is -0.214 e. The van der Waals surface area contributed by atoms with Crippen LogP contribution < -0.4 is 9.44 Å². The maximum absolute atomic E-state index is 10.7. The molecule has 13 heavy (non-hydrogen) atoms. The molecule has 0 aromatic heterocycles. The smallest absolute Gasteiger partial charge is 0.214 e. The van der Waals surface area contributed by atoms with E-state index >= 15 is 0 Å². The van der Waals surface area contributed by atoms with Crippen molar-refractivity contribution in [1.82, 2.24) is 9.44 Å². The van der Waals surface area contributed by atoms with Crippen LogP contribution in [0.4, 0.5) is 0 Å². The molecule has 0 fully saturated rings. The number of alkyl halides is 1. The van der Waals surface area contributed by atoms with Crippen molar-refractivity contribution in [3.05, 3.63) is 0 Å². The van der Waals surface area contributed by atoms with Crippen LogP contribution >= 0.6 is 11.6 Å². The topological polar surface area (TPSA) is 92.3 Å². The lowest BCUT2D eigenvalue weighted by molar-refractivity contribution is 0.576. The summed E-state index contributed by atoms with van der Waals surface area (Å²) in [5.74, 6) is 0. The van der Waals surface area contributed by atoms with Gasteiger partial charge in [-0.25, -0.2) is 26.3 Å². The maximum atomic E-state index is 10.7. The first-order valence-electron chi connectivity index (χ1n) is 3.25. The molecule has 0 aromatic carbocycles. The molecule has 0 saturated carbocycles. The van der Waals surface area contributed by atoms with E-state index in [1.807, 2.05) is 0 Å². The number of hydrogen-bond acceptors (Lipinski definition) is 4. The second kappa shape index (κ2) is 5.11. The third kappa shape index (κ3) is 8.44. The number of rotatable bonds is 6. The van der Waals surface area contributed by atoms with Gasteiger partial charge in [0.1, 0.15) is 5.21 Å². The van der Waals surface area contributed by atoms with E-state index in [1.54, 1.807) is 0 Å². The van der Waals surface area contributed by atoms with Crippen molar-refractivity contribution < 1.29 is 16.8 Å². The van der Waals surface area contributed by atoms with Crippen molar-refractivity contribution in [3.63, 3.8) is 0 Å². The van der Waals surface area contributed by atoms with Crippen molar-refractivity contribution in [2.45, 2.75) is 0 Å². The fourth-order valence-electron chi connectivity index (χ4n) is 0.482.